The largest absolute Gasteiger partial charge is 0.464 e. The Morgan fingerprint density at radius 3 is 2.67 bits per heavy atom. The number of unbranched alkanes of at least 4 members (excludes halogenated alkanes) is 1. The van der Waals surface area contributed by atoms with E-state index in [0.717, 1.165) is 29.8 Å². The normalized spacial score (nSPS) is 11.1. The average molecular weight is 550 g/mol. The number of anilines is 2. The molecule has 1 N–H and O–H groups in total. The second-order valence-electron chi connectivity index (χ2n) is 7.95. The molecule has 10 nitrogen and oxygen atoms in total. The second-order valence-corrected chi connectivity index (χ2v) is 9.66. The van der Waals surface area contributed by atoms with Gasteiger partial charge < -0.3 is 14.0 Å². The Bertz CT molecular complexity index is 1300. The molecule has 1 aromatic carbocycles. The van der Waals surface area contributed by atoms with Crippen molar-refractivity contribution in [2.45, 2.75) is 39.7 Å². The number of benzene rings is 1. The number of halogens is 2. The van der Waals surface area contributed by atoms with Crippen LogP contribution in [0.2, 0.25) is 10.0 Å². The number of aryl methyl sites for hydroxylation is 2. The molecule has 190 valence electrons. The third kappa shape index (κ3) is 5.54. The molecule has 1 amide bonds. The number of aromatic nitrogens is 6. The predicted octanol–water partition coefficient (Wildman–Crippen LogP) is 5.43. The zero-order valence-electron chi connectivity index (χ0n) is 20.0. The first-order valence-corrected chi connectivity index (χ1v) is 12.8. The van der Waals surface area contributed by atoms with Gasteiger partial charge in [0, 0.05) is 20.1 Å². The van der Waals surface area contributed by atoms with E-state index in [1.54, 1.807) is 18.3 Å². The highest BCUT2D eigenvalue weighted by Gasteiger charge is 2.29. The molecule has 0 aliphatic rings. The van der Waals surface area contributed by atoms with Crippen molar-refractivity contribution in [3.8, 4) is 5.75 Å². The molecule has 0 fully saturated rings. The molecule has 36 heavy (non-hydrogen) atoms. The number of nitrogens with one attached hydrogen (secondary N) is 1. The van der Waals surface area contributed by atoms with Crippen molar-refractivity contribution < 1.29 is 14.3 Å². The molecular weight excluding hydrogens is 525 g/mol. The van der Waals surface area contributed by atoms with Gasteiger partial charge in [-0.25, -0.2) is 9.88 Å². The van der Waals surface area contributed by atoms with Crippen molar-refractivity contribution in [2.75, 3.05) is 18.8 Å². The van der Waals surface area contributed by atoms with Crippen LogP contribution in [0.3, 0.4) is 0 Å². The lowest BCUT2D eigenvalue weighted by atomic mass is 10.2. The summed E-state index contributed by atoms with van der Waals surface area (Å²) in [6.45, 7) is 4.38. The minimum absolute atomic E-state index is 0.0220. The first-order valence-electron chi connectivity index (χ1n) is 11.2. The van der Waals surface area contributed by atoms with Crippen LogP contribution in [0.1, 0.15) is 47.2 Å². The van der Waals surface area contributed by atoms with Crippen LogP contribution >= 0.6 is 34.5 Å². The molecule has 3 aromatic heterocycles. The number of rotatable bonds is 11. The highest BCUT2D eigenvalue weighted by Crippen LogP contribution is 2.36. The SMILES string of the molecule is CCCCc1ncc(C(=O)N(c2nn[nH]n2)c2sccc2C)n1Cc1cc(Cl)c(OCOC)c(Cl)c1. The first-order chi connectivity index (χ1) is 17.4. The number of thiophene rings is 1. The third-order valence-corrected chi connectivity index (χ3v) is 6.97. The Balaban J connectivity index is 1.74. The summed E-state index contributed by atoms with van der Waals surface area (Å²) in [6.07, 6.45) is 4.21. The number of carbonyl (C=O) groups excluding carboxylic acids is 1. The van der Waals surface area contributed by atoms with E-state index in [1.165, 1.54) is 23.3 Å². The number of methoxy groups -OCH3 is 1. The fourth-order valence-corrected chi connectivity index (χ4v) is 5.24. The average Bonchev–Trinajstić information content (AvgIpc) is 3.60. The number of nitrogens with zero attached hydrogens (tertiary/aromatic N) is 6. The molecule has 0 unspecified atom stereocenters. The van der Waals surface area contributed by atoms with E-state index >= 15 is 0 Å². The number of aromatic amines is 1. The molecule has 0 radical (unpaired) electrons. The molecule has 0 aliphatic carbocycles. The number of imidazole rings is 1. The van der Waals surface area contributed by atoms with Gasteiger partial charge in [0.2, 0.25) is 0 Å². The van der Waals surface area contributed by atoms with Crippen LogP contribution in [0.4, 0.5) is 10.9 Å². The zero-order chi connectivity index (χ0) is 25.7. The Morgan fingerprint density at radius 2 is 2.06 bits per heavy atom. The summed E-state index contributed by atoms with van der Waals surface area (Å²) in [7, 11) is 1.52. The van der Waals surface area contributed by atoms with E-state index in [9.17, 15) is 4.79 Å². The summed E-state index contributed by atoms with van der Waals surface area (Å²) in [4.78, 5) is 20.0. The van der Waals surface area contributed by atoms with Gasteiger partial charge in [-0.05, 0) is 53.3 Å². The lowest BCUT2D eigenvalue weighted by Crippen LogP contribution is -2.29. The van der Waals surface area contributed by atoms with Crippen LogP contribution in [0.5, 0.6) is 5.75 Å². The molecule has 0 saturated carbocycles. The van der Waals surface area contributed by atoms with Crippen molar-refractivity contribution >= 4 is 51.4 Å². The molecule has 0 saturated heterocycles. The van der Waals surface area contributed by atoms with Crippen molar-refractivity contribution in [3.63, 3.8) is 0 Å². The number of H-pyrrole nitrogens is 1. The molecule has 3 heterocycles. The van der Waals surface area contributed by atoms with Gasteiger partial charge in [-0.3, -0.25) is 4.79 Å². The zero-order valence-corrected chi connectivity index (χ0v) is 22.3. The van der Waals surface area contributed by atoms with Gasteiger partial charge in [0.05, 0.1) is 16.2 Å². The van der Waals surface area contributed by atoms with Gasteiger partial charge in [0.25, 0.3) is 11.9 Å². The van der Waals surface area contributed by atoms with Crippen LogP contribution < -0.4 is 9.64 Å². The topological polar surface area (TPSA) is 111 Å². The number of tetrazole rings is 1. The molecule has 4 aromatic rings. The van der Waals surface area contributed by atoms with Gasteiger partial charge in [0.1, 0.15) is 16.5 Å². The lowest BCUT2D eigenvalue weighted by Gasteiger charge is -2.20. The summed E-state index contributed by atoms with van der Waals surface area (Å²) in [5.74, 6) is 0.949. The minimum atomic E-state index is -0.325. The van der Waals surface area contributed by atoms with Crippen molar-refractivity contribution in [1.29, 1.82) is 0 Å². The van der Waals surface area contributed by atoms with Gasteiger partial charge in [-0.2, -0.15) is 5.21 Å². The maximum Gasteiger partial charge on any atom is 0.284 e. The first kappa shape index (κ1) is 26.1. The van der Waals surface area contributed by atoms with Gasteiger partial charge in [0.15, 0.2) is 12.5 Å². The molecular formula is C23H25Cl2N7O3S. The summed E-state index contributed by atoms with van der Waals surface area (Å²) in [5, 5.41) is 17.5. The lowest BCUT2D eigenvalue weighted by molar-refractivity contribution is 0.0512. The molecule has 13 heteroatoms. The summed E-state index contributed by atoms with van der Waals surface area (Å²) in [6, 6.07) is 5.45. The number of ether oxygens (including phenoxy) is 2. The van der Waals surface area contributed by atoms with E-state index in [0.29, 0.717) is 39.5 Å². The monoisotopic (exact) mass is 549 g/mol. The van der Waals surface area contributed by atoms with E-state index in [-0.39, 0.29) is 18.6 Å². The minimum Gasteiger partial charge on any atom is -0.464 e. The van der Waals surface area contributed by atoms with Gasteiger partial charge >= 0.3 is 0 Å². The van der Waals surface area contributed by atoms with Crippen molar-refractivity contribution in [3.05, 3.63) is 62.5 Å². The van der Waals surface area contributed by atoms with Crippen LogP contribution in [-0.2, 0) is 17.7 Å². The second kappa shape index (κ2) is 11.8. The molecule has 4 rings (SSSR count). The molecule has 0 spiro atoms. The predicted molar refractivity (Wildman–Crippen MR) is 139 cm³/mol. The van der Waals surface area contributed by atoms with Crippen LogP contribution in [-0.4, -0.2) is 50.0 Å². The summed E-state index contributed by atoms with van der Waals surface area (Å²) in [5.41, 5.74) is 2.09. The fraction of sp³-hybridized carbons (Fsp3) is 0.348. The number of hydrogen-bond acceptors (Lipinski definition) is 8. The fourth-order valence-electron chi connectivity index (χ4n) is 3.67. The number of hydrogen-bond donors (Lipinski definition) is 1. The van der Waals surface area contributed by atoms with E-state index in [2.05, 4.69) is 32.5 Å². The third-order valence-electron chi connectivity index (χ3n) is 5.41. The van der Waals surface area contributed by atoms with Crippen LogP contribution in [0, 0.1) is 6.92 Å². The highest BCUT2D eigenvalue weighted by atomic mass is 35.5. The Hall–Kier alpha value is -2.99. The van der Waals surface area contributed by atoms with Crippen molar-refractivity contribution in [1.82, 2.24) is 30.2 Å². The van der Waals surface area contributed by atoms with Crippen LogP contribution in [0.15, 0.2) is 29.8 Å². The highest BCUT2D eigenvalue weighted by molar-refractivity contribution is 7.14. The van der Waals surface area contributed by atoms with Gasteiger partial charge in [-0.15, -0.1) is 16.4 Å². The maximum atomic E-state index is 14.0. The maximum absolute atomic E-state index is 14.0. The van der Waals surface area contributed by atoms with Crippen molar-refractivity contribution in [2.24, 2.45) is 0 Å². The molecule has 0 bridgehead atoms. The molecule has 0 aliphatic heterocycles. The van der Waals surface area contributed by atoms with E-state index < -0.39 is 0 Å². The molecule has 0 atom stereocenters. The van der Waals surface area contributed by atoms with Gasteiger partial charge in [-0.1, -0.05) is 41.6 Å². The smallest absolute Gasteiger partial charge is 0.284 e. The van der Waals surface area contributed by atoms with Crippen LogP contribution in [0.25, 0.3) is 0 Å². The standard InChI is InChI=1S/C23H25Cl2N7O3S/c1-4-5-6-19-26-11-18(21(33)32(23-27-29-30-28-23)22-14(2)7-8-36-22)31(19)12-15-9-16(24)20(17(25)10-15)35-13-34-3/h7-11H,4-6,12-13H2,1-3H3,(H,27,28,29,30). The van der Waals surface area contributed by atoms with E-state index in [1.807, 2.05) is 22.9 Å². The van der Waals surface area contributed by atoms with E-state index in [4.69, 9.17) is 32.7 Å². The quantitative estimate of drug-likeness (QED) is 0.248. The summed E-state index contributed by atoms with van der Waals surface area (Å²) >= 11 is 14.3. The Labute approximate surface area is 222 Å². The Morgan fingerprint density at radius 1 is 1.28 bits per heavy atom. The Kier molecular flexibility index (Phi) is 8.57. The number of carbonyl (C=O) groups is 1. The summed E-state index contributed by atoms with van der Waals surface area (Å²) < 4.78 is 12.3. The number of amides is 1.